The van der Waals surface area contributed by atoms with E-state index in [1.807, 2.05) is 18.2 Å². The number of carbonyl (C=O) groups is 1. The number of fused-ring (bicyclic) bond motifs is 1. The second-order valence-electron chi connectivity index (χ2n) is 9.65. The number of nitrogens with zero attached hydrogens (tertiary/aromatic N) is 4. The van der Waals surface area contributed by atoms with Crippen molar-refractivity contribution in [1.29, 1.82) is 0 Å². The Kier molecular flexibility index (Phi) is 7.57. The molecule has 0 aliphatic heterocycles. The lowest BCUT2D eigenvalue weighted by Crippen LogP contribution is -2.31. The molecule has 3 heterocycles. The first-order chi connectivity index (χ1) is 20.7. The van der Waals surface area contributed by atoms with E-state index in [1.165, 1.54) is 38.7 Å². The van der Waals surface area contributed by atoms with Gasteiger partial charge < -0.3 is 4.74 Å². The van der Waals surface area contributed by atoms with Crippen molar-refractivity contribution in [3.63, 3.8) is 0 Å². The fourth-order valence-corrected chi connectivity index (χ4v) is 7.31. The molecule has 0 saturated heterocycles. The van der Waals surface area contributed by atoms with Crippen LogP contribution in [-0.4, -0.2) is 59.4 Å². The van der Waals surface area contributed by atoms with E-state index in [-0.39, 0.29) is 22.4 Å². The van der Waals surface area contributed by atoms with Crippen LogP contribution in [0.25, 0.3) is 43.9 Å². The number of sulfonamides is 1. The Morgan fingerprint density at radius 1 is 0.977 bits per heavy atom. The highest BCUT2D eigenvalue weighted by Gasteiger charge is 2.26. The number of ether oxygens (including phenoxy) is 1. The molecule has 0 aliphatic rings. The van der Waals surface area contributed by atoms with Crippen LogP contribution in [0, 0.1) is 5.82 Å². The lowest BCUT2D eigenvalue weighted by Gasteiger charge is -2.15. The van der Waals surface area contributed by atoms with Gasteiger partial charge in [-0.2, -0.15) is 9.40 Å². The van der Waals surface area contributed by atoms with Gasteiger partial charge in [-0.3, -0.25) is 9.89 Å². The number of aromatic amines is 1. The van der Waals surface area contributed by atoms with Gasteiger partial charge in [0.2, 0.25) is 0 Å². The molecule has 3 aromatic heterocycles. The molecule has 12 heteroatoms. The fraction of sp³-hybridized carbons (Fsp3) is 0.0968. The third kappa shape index (κ3) is 5.55. The Hall–Kier alpha value is -4.78. The minimum atomic E-state index is -3.95. The maximum absolute atomic E-state index is 13.5. The van der Waals surface area contributed by atoms with E-state index in [0.29, 0.717) is 27.4 Å². The number of methoxy groups -OCH3 is 1. The Morgan fingerprint density at radius 3 is 2.47 bits per heavy atom. The van der Waals surface area contributed by atoms with Crippen LogP contribution in [0.4, 0.5) is 4.39 Å². The van der Waals surface area contributed by atoms with Crippen LogP contribution in [0.2, 0.25) is 0 Å². The summed E-state index contributed by atoms with van der Waals surface area (Å²) >= 11 is 1.07. The average Bonchev–Trinajstić information content (AvgIpc) is 3.72. The highest BCUT2D eigenvalue weighted by molar-refractivity contribution is 7.91. The van der Waals surface area contributed by atoms with E-state index in [2.05, 4.69) is 20.2 Å². The molecule has 0 spiro atoms. The van der Waals surface area contributed by atoms with Gasteiger partial charge in [-0.05, 0) is 78.4 Å². The number of halogens is 1. The van der Waals surface area contributed by atoms with Crippen molar-refractivity contribution in [2.45, 2.75) is 4.21 Å². The van der Waals surface area contributed by atoms with Crippen LogP contribution in [0.5, 0.6) is 5.75 Å². The number of hydrogen-bond donors (Lipinski definition) is 1. The summed E-state index contributed by atoms with van der Waals surface area (Å²) in [6.45, 7) is -0.317. The summed E-state index contributed by atoms with van der Waals surface area (Å²) in [5.74, 6) is -0.0603. The van der Waals surface area contributed by atoms with E-state index in [1.54, 1.807) is 48.7 Å². The van der Waals surface area contributed by atoms with E-state index in [9.17, 15) is 17.6 Å². The van der Waals surface area contributed by atoms with Gasteiger partial charge in [0, 0.05) is 29.1 Å². The molecule has 43 heavy (non-hydrogen) atoms. The number of rotatable bonds is 9. The van der Waals surface area contributed by atoms with Crippen LogP contribution in [0.15, 0.2) is 95.6 Å². The highest BCUT2D eigenvalue weighted by atomic mass is 32.2. The summed E-state index contributed by atoms with van der Waals surface area (Å²) in [5, 5.41) is 7.92. The first-order valence-electron chi connectivity index (χ1n) is 13.0. The Bertz CT molecular complexity index is 2060. The summed E-state index contributed by atoms with van der Waals surface area (Å²) in [7, 11) is -1.04. The molecule has 6 aromatic rings. The molecule has 0 atom stereocenters. The first kappa shape index (κ1) is 28.3. The lowest BCUT2D eigenvalue weighted by atomic mass is 9.99. The monoisotopic (exact) mass is 613 g/mol. The summed E-state index contributed by atoms with van der Waals surface area (Å²) in [5.41, 5.74) is 4.79. The lowest BCUT2D eigenvalue weighted by molar-refractivity contribution is 0.0973. The third-order valence-electron chi connectivity index (χ3n) is 6.98. The molecule has 3 aromatic carbocycles. The van der Waals surface area contributed by atoms with Gasteiger partial charge in [-0.25, -0.2) is 22.8 Å². The SMILES string of the molecule is COc1ccc(C(=O)CN(C)S(=O)(=O)c2ccc(-c3ncnc4ccc(-c5cn[nH]c5-c5ccc(F)cc5)cc34)s2)cc1. The standard InChI is InChI=1S/C31H24FN5O4S2/c1-37(17-27(38)19-5-10-23(41-2)11-6-19)43(39,40)29-14-13-28(42-29)31-24-15-21(7-12-26(24)33-18-34-31)25-16-35-36-30(25)20-3-8-22(32)9-4-20/h3-16,18H,17H2,1-2H3,(H,35,36). The maximum atomic E-state index is 13.5. The van der Waals surface area contributed by atoms with Gasteiger partial charge in [0.15, 0.2) is 5.78 Å². The van der Waals surface area contributed by atoms with Crippen LogP contribution in [0.3, 0.4) is 0 Å². The molecule has 0 radical (unpaired) electrons. The molecule has 0 amide bonds. The molecule has 0 unspecified atom stereocenters. The van der Waals surface area contributed by atoms with E-state index in [0.717, 1.165) is 43.4 Å². The zero-order chi connectivity index (χ0) is 30.1. The van der Waals surface area contributed by atoms with Crippen LogP contribution in [-0.2, 0) is 10.0 Å². The van der Waals surface area contributed by atoms with Crippen molar-refractivity contribution in [2.75, 3.05) is 20.7 Å². The Morgan fingerprint density at radius 2 is 1.72 bits per heavy atom. The molecular formula is C31H24FN5O4S2. The number of nitrogens with one attached hydrogen (secondary N) is 1. The van der Waals surface area contributed by atoms with Crippen LogP contribution < -0.4 is 4.74 Å². The molecular weight excluding hydrogens is 590 g/mol. The second-order valence-corrected chi connectivity index (χ2v) is 13.0. The van der Waals surface area contributed by atoms with Gasteiger partial charge in [0.1, 0.15) is 22.1 Å². The topological polar surface area (TPSA) is 118 Å². The molecule has 0 saturated carbocycles. The molecule has 0 bridgehead atoms. The van der Waals surface area contributed by atoms with Gasteiger partial charge in [-0.15, -0.1) is 11.3 Å². The quantitative estimate of drug-likeness (QED) is 0.197. The van der Waals surface area contributed by atoms with Crippen LogP contribution >= 0.6 is 11.3 Å². The van der Waals surface area contributed by atoms with Gasteiger partial charge in [0.25, 0.3) is 10.0 Å². The molecule has 216 valence electrons. The molecule has 0 aliphatic carbocycles. The number of ketones is 1. The minimum Gasteiger partial charge on any atom is -0.497 e. The number of hydrogen-bond acceptors (Lipinski definition) is 8. The van der Waals surface area contributed by atoms with Crippen molar-refractivity contribution in [1.82, 2.24) is 24.5 Å². The Balaban J connectivity index is 1.30. The van der Waals surface area contributed by atoms with Crippen LogP contribution in [0.1, 0.15) is 10.4 Å². The van der Waals surface area contributed by atoms with E-state index < -0.39 is 10.0 Å². The van der Waals surface area contributed by atoms with Gasteiger partial charge in [-0.1, -0.05) is 6.07 Å². The summed E-state index contributed by atoms with van der Waals surface area (Å²) < 4.78 is 46.6. The fourth-order valence-electron chi connectivity index (χ4n) is 4.66. The predicted molar refractivity (Wildman–Crippen MR) is 163 cm³/mol. The normalized spacial score (nSPS) is 11.7. The number of aromatic nitrogens is 4. The largest absolute Gasteiger partial charge is 0.497 e. The number of likely N-dealkylation sites (N-methyl/N-ethyl adjacent to an activating group) is 1. The van der Waals surface area contributed by atoms with Gasteiger partial charge >= 0.3 is 0 Å². The number of carbonyl (C=O) groups excluding carboxylic acids is 1. The molecule has 9 nitrogen and oxygen atoms in total. The number of thiophene rings is 1. The summed E-state index contributed by atoms with van der Waals surface area (Å²) in [6, 6.07) is 21.6. The van der Waals surface area contributed by atoms with E-state index >= 15 is 0 Å². The van der Waals surface area contributed by atoms with Crippen molar-refractivity contribution in [2.24, 2.45) is 0 Å². The predicted octanol–water partition coefficient (Wildman–Crippen LogP) is 6.07. The second kappa shape index (κ2) is 11.5. The smallest absolute Gasteiger partial charge is 0.252 e. The minimum absolute atomic E-state index is 0.0869. The Labute approximate surface area is 250 Å². The molecule has 1 N–H and O–H groups in total. The molecule has 6 rings (SSSR count). The van der Waals surface area contributed by atoms with Crippen molar-refractivity contribution in [3.05, 3.63) is 103 Å². The van der Waals surface area contributed by atoms with Gasteiger partial charge in [0.05, 0.1) is 41.6 Å². The first-order valence-corrected chi connectivity index (χ1v) is 15.3. The zero-order valence-corrected chi connectivity index (χ0v) is 24.6. The van der Waals surface area contributed by atoms with Crippen molar-refractivity contribution in [3.8, 4) is 38.7 Å². The zero-order valence-electron chi connectivity index (χ0n) is 23.0. The molecule has 0 fully saturated rings. The maximum Gasteiger partial charge on any atom is 0.252 e. The number of benzene rings is 3. The number of Topliss-reactive ketones (excluding diaryl/α,β-unsaturated/α-hetero) is 1. The van der Waals surface area contributed by atoms with E-state index in [4.69, 9.17) is 4.74 Å². The number of H-pyrrole nitrogens is 1. The van der Waals surface area contributed by atoms with Crippen molar-refractivity contribution >= 4 is 38.0 Å². The van der Waals surface area contributed by atoms with Crippen molar-refractivity contribution < 1.29 is 22.3 Å². The average molecular weight is 614 g/mol. The third-order valence-corrected chi connectivity index (χ3v) is 10.3. The summed E-state index contributed by atoms with van der Waals surface area (Å²) in [4.78, 5) is 22.3. The highest BCUT2D eigenvalue weighted by Crippen LogP contribution is 2.37. The summed E-state index contributed by atoms with van der Waals surface area (Å²) in [6.07, 6.45) is 3.13.